The van der Waals surface area contributed by atoms with Gasteiger partial charge in [-0.2, -0.15) is 0 Å². The van der Waals surface area contributed by atoms with Crippen LogP contribution in [0, 0.1) is 5.92 Å². The number of aliphatic hydroxyl groups excluding tert-OH is 1. The first-order valence-corrected chi connectivity index (χ1v) is 7.91. The zero-order chi connectivity index (χ0) is 15.8. The number of rotatable bonds is 7. The molecule has 1 aliphatic heterocycles. The quantitative estimate of drug-likeness (QED) is 0.788. The van der Waals surface area contributed by atoms with Crippen LogP contribution in [0.3, 0.4) is 0 Å². The molecule has 0 saturated carbocycles. The minimum Gasteiger partial charge on any atom is -0.395 e. The number of hydrogen-bond acceptors (Lipinski definition) is 3. The van der Waals surface area contributed by atoms with E-state index in [4.69, 9.17) is 5.11 Å². The van der Waals surface area contributed by atoms with E-state index in [1.807, 2.05) is 18.2 Å². The van der Waals surface area contributed by atoms with Crippen LogP contribution in [-0.2, 0) is 16.0 Å². The van der Waals surface area contributed by atoms with Gasteiger partial charge in [-0.25, -0.2) is 0 Å². The smallest absolute Gasteiger partial charge is 0.224 e. The van der Waals surface area contributed by atoms with Crippen molar-refractivity contribution in [3.05, 3.63) is 35.9 Å². The summed E-state index contributed by atoms with van der Waals surface area (Å²) in [6, 6.07) is 10.2. The summed E-state index contributed by atoms with van der Waals surface area (Å²) in [7, 11) is 0. The fourth-order valence-corrected chi connectivity index (χ4v) is 2.79. The van der Waals surface area contributed by atoms with E-state index >= 15 is 0 Å². The SMILES string of the molecule is O=C(NCCO)[C@H]1CCC(=O)N(CCCc2ccccc2)C1. The van der Waals surface area contributed by atoms with Gasteiger partial charge in [0, 0.05) is 26.1 Å². The molecule has 22 heavy (non-hydrogen) atoms. The van der Waals surface area contributed by atoms with Gasteiger partial charge in [-0.15, -0.1) is 0 Å². The lowest BCUT2D eigenvalue weighted by molar-refractivity contribution is -0.138. The molecule has 2 N–H and O–H groups in total. The molecule has 2 rings (SSSR count). The molecule has 1 heterocycles. The minimum atomic E-state index is -0.152. The topological polar surface area (TPSA) is 69.6 Å². The fourth-order valence-electron chi connectivity index (χ4n) is 2.79. The summed E-state index contributed by atoms with van der Waals surface area (Å²) in [5.41, 5.74) is 1.27. The van der Waals surface area contributed by atoms with Gasteiger partial charge in [0.25, 0.3) is 0 Å². The molecule has 5 nitrogen and oxygen atoms in total. The Morgan fingerprint density at radius 2 is 2.09 bits per heavy atom. The van der Waals surface area contributed by atoms with Crippen molar-refractivity contribution in [3.63, 3.8) is 0 Å². The lowest BCUT2D eigenvalue weighted by Gasteiger charge is -2.32. The molecule has 120 valence electrons. The van der Waals surface area contributed by atoms with Crippen LogP contribution in [0.5, 0.6) is 0 Å². The third kappa shape index (κ3) is 4.84. The minimum absolute atomic E-state index is 0.0574. The Bertz CT molecular complexity index is 490. The standard InChI is InChI=1S/C17H24N2O3/c20-12-10-18-17(22)15-8-9-16(21)19(13-15)11-4-7-14-5-2-1-3-6-14/h1-3,5-6,15,20H,4,7-13H2,(H,18,22)/t15-/m0/s1. The lowest BCUT2D eigenvalue weighted by Crippen LogP contribution is -2.46. The predicted octanol–water partition coefficient (Wildman–Crippen LogP) is 0.966. The van der Waals surface area contributed by atoms with Crippen LogP contribution in [0.25, 0.3) is 0 Å². The Labute approximate surface area is 131 Å². The van der Waals surface area contributed by atoms with Crippen molar-refractivity contribution in [1.82, 2.24) is 10.2 Å². The van der Waals surface area contributed by atoms with Gasteiger partial charge >= 0.3 is 0 Å². The number of aliphatic hydroxyl groups is 1. The third-order valence-corrected chi connectivity index (χ3v) is 4.02. The molecule has 0 radical (unpaired) electrons. The third-order valence-electron chi connectivity index (χ3n) is 4.02. The fraction of sp³-hybridized carbons (Fsp3) is 0.529. The highest BCUT2D eigenvalue weighted by Crippen LogP contribution is 2.18. The second-order valence-corrected chi connectivity index (χ2v) is 5.68. The molecule has 0 aliphatic carbocycles. The number of carbonyl (C=O) groups excluding carboxylic acids is 2. The van der Waals surface area contributed by atoms with E-state index in [1.165, 1.54) is 5.56 Å². The summed E-state index contributed by atoms with van der Waals surface area (Å²) in [5.74, 6) is -0.0742. The Morgan fingerprint density at radius 3 is 2.82 bits per heavy atom. The molecule has 0 bridgehead atoms. The molecule has 1 aromatic carbocycles. The van der Waals surface area contributed by atoms with Crippen molar-refractivity contribution in [3.8, 4) is 0 Å². The maximum absolute atomic E-state index is 12.0. The van der Waals surface area contributed by atoms with Gasteiger partial charge in [0.05, 0.1) is 12.5 Å². The van der Waals surface area contributed by atoms with Crippen LogP contribution >= 0.6 is 0 Å². The average molecular weight is 304 g/mol. The van der Waals surface area contributed by atoms with E-state index in [2.05, 4.69) is 17.4 Å². The Balaban J connectivity index is 1.79. The number of amides is 2. The van der Waals surface area contributed by atoms with E-state index < -0.39 is 0 Å². The van der Waals surface area contributed by atoms with Crippen LogP contribution in [-0.4, -0.2) is 48.1 Å². The summed E-state index contributed by atoms with van der Waals surface area (Å²) in [6.07, 6.45) is 2.88. The molecule has 1 atom stereocenters. The second-order valence-electron chi connectivity index (χ2n) is 5.68. The first kappa shape index (κ1) is 16.5. The van der Waals surface area contributed by atoms with Crippen molar-refractivity contribution in [2.75, 3.05) is 26.2 Å². The van der Waals surface area contributed by atoms with E-state index in [-0.39, 0.29) is 30.9 Å². The van der Waals surface area contributed by atoms with Crippen molar-refractivity contribution >= 4 is 11.8 Å². The van der Waals surface area contributed by atoms with E-state index in [0.717, 1.165) is 12.8 Å². The highest BCUT2D eigenvalue weighted by molar-refractivity contribution is 5.83. The summed E-state index contributed by atoms with van der Waals surface area (Å²) in [6.45, 7) is 1.40. The number of carbonyl (C=O) groups is 2. The number of aryl methyl sites for hydroxylation is 1. The number of hydrogen-bond donors (Lipinski definition) is 2. The van der Waals surface area contributed by atoms with E-state index in [9.17, 15) is 9.59 Å². The molecule has 0 aromatic heterocycles. The highest BCUT2D eigenvalue weighted by atomic mass is 16.3. The van der Waals surface area contributed by atoms with Crippen molar-refractivity contribution in [1.29, 1.82) is 0 Å². The zero-order valence-corrected chi connectivity index (χ0v) is 12.8. The summed E-state index contributed by atoms with van der Waals surface area (Å²) in [5, 5.41) is 11.4. The molecule has 1 fully saturated rings. The molecule has 0 unspecified atom stereocenters. The van der Waals surface area contributed by atoms with Crippen LogP contribution in [0.1, 0.15) is 24.8 Å². The number of benzene rings is 1. The Kier molecular flexibility index (Phi) is 6.40. The maximum atomic E-state index is 12.0. The van der Waals surface area contributed by atoms with Crippen molar-refractivity contribution in [2.24, 2.45) is 5.92 Å². The Morgan fingerprint density at radius 1 is 1.32 bits per heavy atom. The number of piperidine rings is 1. The Hall–Kier alpha value is -1.88. The van der Waals surface area contributed by atoms with E-state index in [0.29, 0.717) is 25.9 Å². The molecule has 2 amide bonds. The van der Waals surface area contributed by atoms with Gasteiger partial charge < -0.3 is 15.3 Å². The number of likely N-dealkylation sites (tertiary alicyclic amines) is 1. The monoisotopic (exact) mass is 304 g/mol. The normalized spacial score (nSPS) is 18.3. The maximum Gasteiger partial charge on any atom is 0.224 e. The molecule has 0 spiro atoms. The van der Waals surface area contributed by atoms with Crippen LogP contribution in [0.2, 0.25) is 0 Å². The molecule has 1 aromatic rings. The molecular formula is C17H24N2O3. The molecule has 1 saturated heterocycles. The van der Waals surface area contributed by atoms with Crippen molar-refractivity contribution in [2.45, 2.75) is 25.7 Å². The van der Waals surface area contributed by atoms with Crippen LogP contribution in [0.15, 0.2) is 30.3 Å². The summed E-state index contributed by atoms with van der Waals surface area (Å²) < 4.78 is 0. The number of nitrogens with zero attached hydrogens (tertiary/aromatic N) is 1. The van der Waals surface area contributed by atoms with Gasteiger partial charge in [-0.05, 0) is 24.8 Å². The first-order chi connectivity index (χ1) is 10.7. The largest absolute Gasteiger partial charge is 0.395 e. The summed E-state index contributed by atoms with van der Waals surface area (Å²) in [4.78, 5) is 25.7. The predicted molar refractivity (Wildman–Crippen MR) is 84.2 cm³/mol. The van der Waals surface area contributed by atoms with Gasteiger partial charge in [0.15, 0.2) is 0 Å². The van der Waals surface area contributed by atoms with Crippen LogP contribution in [0.4, 0.5) is 0 Å². The van der Waals surface area contributed by atoms with Gasteiger partial charge in [0.1, 0.15) is 0 Å². The van der Waals surface area contributed by atoms with E-state index in [1.54, 1.807) is 4.90 Å². The molecule has 5 heteroatoms. The first-order valence-electron chi connectivity index (χ1n) is 7.91. The van der Waals surface area contributed by atoms with Gasteiger partial charge in [-0.1, -0.05) is 30.3 Å². The zero-order valence-electron chi connectivity index (χ0n) is 12.8. The summed E-state index contributed by atoms with van der Waals surface area (Å²) >= 11 is 0. The van der Waals surface area contributed by atoms with Gasteiger partial charge in [-0.3, -0.25) is 9.59 Å². The van der Waals surface area contributed by atoms with Gasteiger partial charge in [0.2, 0.25) is 11.8 Å². The number of nitrogens with one attached hydrogen (secondary N) is 1. The van der Waals surface area contributed by atoms with Crippen molar-refractivity contribution < 1.29 is 14.7 Å². The molecular weight excluding hydrogens is 280 g/mol. The second kappa shape index (κ2) is 8.54. The average Bonchev–Trinajstić information content (AvgIpc) is 2.55. The highest BCUT2D eigenvalue weighted by Gasteiger charge is 2.29. The van der Waals surface area contributed by atoms with Crippen LogP contribution < -0.4 is 5.32 Å². The lowest BCUT2D eigenvalue weighted by atomic mass is 9.96. The molecule has 1 aliphatic rings.